The maximum Gasteiger partial charge on any atom is 0.494 e. The van der Waals surface area contributed by atoms with E-state index in [9.17, 15) is 14.7 Å². The standard InChI is InChI=1S/C18H24BNO5/c1-17(2)18(3,4)25-19(24-17)13-9-7-12(8-10-13)15(21)20-11-5-6-14(20)16(22)23/h7-10,14H,5-6,11H2,1-4H3,(H,22,23)/t14-/m0/s1. The number of rotatable bonds is 3. The van der Waals surface area contributed by atoms with Gasteiger partial charge in [-0.2, -0.15) is 0 Å². The molecule has 7 heteroatoms. The molecule has 2 saturated heterocycles. The van der Waals surface area contributed by atoms with Gasteiger partial charge in [-0.05, 0) is 58.1 Å². The average Bonchev–Trinajstić information content (AvgIpc) is 3.10. The molecule has 2 aliphatic rings. The van der Waals surface area contributed by atoms with Gasteiger partial charge in [-0.25, -0.2) is 4.79 Å². The van der Waals surface area contributed by atoms with Gasteiger partial charge in [0.25, 0.3) is 5.91 Å². The first-order chi connectivity index (χ1) is 11.6. The Morgan fingerprint density at radius 1 is 1.12 bits per heavy atom. The molecule has 6 nitrogen and oxygen atoms in total. The quantitative estimate of drug-likeness (QED) is 0.844. The molecule has 3 rings (SSSR count). The number of carboxylic acids is 1. The first kappa shape index (κ1) is 18.0. The van der Waals surface area contributed by atoms with Crippen LogP contribution in [0.15, 0.2) is 24.3 Å². The van der Waals surface area contributed by atoms with Crippen molar-refractivity contribution in [3.05, 3.63) is 29.8 Å². The minimum Gasteiger partial charge on any atom is -0.480 e. The molecule has 1 N–H and O–H groups in total. The second-order valence-corrected chi connectivity index (χ2v) is 7.71. The van der Waals surface area contributed by atoms with E-state index in [1.54, 1.807) is 24.3 Å². The number of likely N-dealkylation sites (tertiary alicyclic amines) is 1. The van der Waals surface area contributed by atoms with E-state index in [4.69, 9.17) is 9.31 Å². The number of hydrogen-bond acceptors (Lipinski definition) is 4. The Bertz CT molecular complexity index is 669. The normalized spacial score (nSPS) is 24.6. The zero-order chi connectivity index (χ0) is 18.4. The van der Waals surface area contributed by atoms with Crippen LogP contribution in [0.1, 0.15) is 50.9 Å². The molecular weight excluding hydrogens is 321 g/mol. The highest BCUT2D eigenvalue weighted by Gasteiger charge is 2.51. The van der Waals surface area contributed by atoms with Crippen LogP contribution >= 0.6 is 0 Å². The Kier molecular flexibility index (Phi) is 4.41. The van der Waals surface area contributed by atoms with Crippen LogP contribution in [0, 0.1) is 0 Å². The highest BCUT2D eigenvalue weighted by Crippen LogP contribution is 2.36. The van der Waals surface area contributed by atoms with Gasteiger partial charge < -0.3 is 19.3 Å². The first-order valence-corrected chi connectivity index (χ1v) is 8.62. The highest BCUT2D eigenvalue weighted by molar-refractivity contribution is 6.62. The van der Waals surface area contributed by atoms with Gasteiger partial charge in [-0.1, -0.05) is 12.1 Å². The van der Waals surface area contributed by atoms with Gasteiger partial charge in [-0.15, -0.1) is 0 Å². The topological polar surface area (TPSA) is 76.1 Å². The molecule has 2 heterocycles. The Labute approximate surface area is 148 Å². The Morgan fingerprint density at radius 3 is 2.20 bits per heavy atom. The van der Waals surface area contributed by atoms with Crippen molar-refractivity contribution in [1.29, 1.82) is 0 Å². The van der Waals surface area contributed by atoms with Crippen molar-refractivity contribution < 1.29 is 24.0 Å². The van der Waals surface area contributed by atoms with Gasteiger partial charge in [0, 0.05) is 12.1 Å². The van der Waals surface area contributed by atoms with Crippen molar-refractivity contribution >= 4 is 24.5 Å². The lowest BCUT2D eigenvalue weighted by atomic mass is 9.79. The molecule has 0 aromatic heterocycles. The Hall–Kier alpha value is -1.86. The molecule has 0 unspecified atom stereocenters. The molecule has 0 spiro atoms. The maximum absolute atomic E-state index is 12.6. The number of benzene rings is 1. The third-order valence-electron chi connectivity index (χ3n) is 5.48. The van der Waals surface area contributed by atoms with E-state index in [0.717, 1.165) is 5.46 Å². The van der Waals surface area contributed by atoms with E-state index in [1.165, 1.54) is 4.90 Å². The minimum absolute atomic E-state index is 0.245. The number of amides is 1. The summed E-state index contributed by atoms with van der Waals surface area (Å²) in [6.45, 7) is 8.44. The van der Waals surface area contributed by atoms with Crippen LogP contribution < -0.4 is 5.46 Å². The van der Waals surface area contributed by atoms with Crippen LogP contribution in [0.3, 0.4) is 0 Å². The second-order valence-electron chi connectivity index (χ2n) is 7.71. The first-order valence-electron chi connectivity index (χ1n) is 8.62. The second kappa shape index (κ2) is 6.14. The summed E-state index contributed by atoms with van der Waals surface area (Å²) in [5.74, 6) is -1.19. The van der Waals surface area contributed by atoms with E-state index >= 15 is 0 Å². The van der Waals surface area contributed by atoms with Crippen molar-refractivity contribution in [3.63, 3.8) is 0 Å². The van der Waals surface area contributed by atoms with E-state index in [2.05, 4.69) is 0 Å². The zero-order valence-corrected chi connectivity index (χ0v) is 15.1. The van der Waals surface area contributed by atoms with Crippen LogP contribution in [0.2, 0.25) is 0 Å². The highest BCUT2D eigenvalue weighted by atomic mass is 16.7. The van der Waals surface area contributed by atoms with Gasteiger partial charge in [0.05, 0.1) is 11.2 Å². The number of aliphatic carboxylic acids is 1. The van der Waals surface area contributed by atoms with Crippen LogP contribution in [-0.4, -0.2) is 52.8 Å². The van der Waals surface area contributed by atoms with E-state index in [-0.39, 0.29) is 5.91 Å². The van der Waals surface area contributed by atoms with Crippen molar-refractivity contribution in [2.75, 3.05) is 6.54 Å². The summed E-state index contributed by atoms with van der Waals surface area (Å²) < 4.78 is 12.0. The number of hydrogen-bond donors (Lipinski definition) is 1. The molecule has 0 radical (unpaired) electrons. The molecule has 134 valence electrons. The smallest absolute Gasteiger partial charge is 0.480 e. The molecule has 2 aliphatic heterocycles. The fourth-order valence-electron chi connectivity index (χ4n) is 3.19. The number of nitrogens with zero attached hydrogens (tertiary/aromatic N) is 1. The summed E-state index contributed by atoms with van der Waals surface area (Å²) in [7, 11) is -0.479. The third kappa shape index (κ3) is 3.18. The SMILES string of the molecule is CC1(C)OB(c2ccc(C(=O)N3CCC[C@H]3C(=O)O)cc2)OC1(C)C. The van der Waals surface area contributed by atoms with Gasteiger partial charge in [0.15, 0.2) is 0 Å². The van der Waals surface area contributed by atoms with Crippen molar-refractivity contribution in [2.24, 2.45) is 0 Å². The third-order valence-corrected chi connectivity index (χ3v) is 5.48. The van der Waals surface area contributed by atoms with E-state index in [0.29, 0.717) is 24.9 Å². The van der Waals surface area contributed by atoms with Crippen LogP contribution in [0.5, 0.6) is 0 Å². The minimum atomic E-state index is -0.945. The van der Waals surface area contributed by atoms with Gasteiger partial charge in [0.1, 0.15) is 6.04 Å². The summed E-state index contributed by atoms with van der Waals surface area (Å²) in [6.07, 6.45) is 1.22. The molecule has 1 aromatic carbocycles. The van der Waals surface area contributed by atoms with Gasteiger partial charge in [0.2, 0.25) is 0 Å². The summed E-state index contributed by atoms with van der Waals surface area (Å²) in [5.41, 5.74) is 0.479. The summed E-state index contributed by atoms with van der Waals surface area (Å²) in [4.78, 5) is 25.3. The maximum atomic E-state index is 12.6. The number of carboxylic acid groups (broad SMARTS) is 1. The molecule has 1 atom stereocenters. The molecule has 0 saturated carbocycles. The lowest BCUT2D eigenvalue weighted by Crippen LogP contribution is -2.41. The summed E-state index contributed by atoms with van der Waals surface area (Å²) in [5, 5.41) is 9.24. The zero-order valence-electron chi connectivity index (χ0n) is 15.1. The van der Waals surface area contributed by atoms with Gasteiger partial charge >= 0.3 is 13.1 Å². The van der Waals surface area contributed by atoms with Gasteiger partial charge in [-0.3, -0.25) is 4.79 Å². The lowest BCUT2D eigenvalue weighted by molar-refractivity contribution is -0.141. The summed E-state index contributed by atoms with van der Waals surface area (Å²) in [6, 6.07) is 6.30. The lowest BCUT2D eigenvalue weighted by Gasteiger charge is -2.32. The average molecular weight is 345 g/mol. The molecular formula is C18H24BNO5. The number of carbonyl (C=O) groups is 2. The predicted octanol–water partition coefficient (Wildman–Crippen LogP) is 1.67. The summed E-state index contributed by atoms with van der Waals surface area (Å²) >= 11 is 0. The van der Waals surface area contributed by atoms with E-state index < -0.39 is 30.3 Å². The van der Waals surface area contributed by atoms with Crippen LogP contribution in [-0.2, 0) is 14.1 Å². The molecule has 25 heavy (non-hydrogen) atoms. The van der Waals surface area contributed by atoms with Crippen LogP contribution in [0.25, 0.3) is 0 Å². The Balaban J connectivity index is 1.75. The fourth-order valence-corrected chi connectivity index (χ4v) is 3.19. The van der Waals surface area contributed by atoms with Crippen molar-refractivity contribution in [1.82, 2.24) is 4.90 Å². The Morgan fingerprint density at radius 2 is 1.68 bits per heavy atom. The van der Waals surface area contributed by atoms with Crippen molar-refractivity contribution in [2.45, 2.75) is 57.8 Å². The molecule has 1 aromatic rings. The monoisotopic (exact) mass is 345 g/mol. The van der Waals surface area contributed by atoms with Crippen LogP contribution in [0.4, 0.5) is 0 Å². The molecule has 0 bridgehead atoms. The molecule has 1 amide bonds. The number of carbonyl (C=O) groups excluding carboxylic acids is 1. The molecule has 2 fully saturated rings. The largest absolute Gasteiger partial charge is 0.494 e. The van der Waals surface area contributed by atoms with E-state index in [1.807, 2.05) is 27.7 Å². The molecule has 0 aliphatic carbocycles. The van der Waals surface area contributed by atoms with Crippen molar-refractivity contribution in [3.8, 4) is 0 Å². The predicted molar refractivity (Wildman–Crippen MR) is 93.9 cm³/mol. The fraction of sp³-hybridized carbons (Fsp3) is 0.556.